The maximum absolute atomic E-state index is 5.11. The molecule has 5 heteroatoms. The Morgan fingerprint density at radius 1 is 0.444 bits per heavy atom. The van der Waals surface area contributed by atoms with E-state index >= 15 is 0 Å². The van der Waals surface area contributed by atoms with Crippen molar-refractivity contribution < 1.29 is 0 Å². The van der Waals surface area contributed by atoms with Crippen LogP contribution in [0.2, 0.25) is 0 Å². The monoisotopic (exact) mass is 826 g/mol. The Labute approximate surface area is 371 Å². The minimum Gasteiger partial charge on any atom is -0.309 e. The van der Waals surface area contributed by atoms with Crippen LogP contribution in [0.15, 0.2) is 200 Å². The van der Waals surface area contributed by atoms with Gasteiger partial charge in [-0.1, -0.05) is 190 Å². The number of rotatable bonds is 6. The van der Waals surface area contributed by atoms with Crippen LogP contribution in [-0.4, -0.2) is 19.5 Å². The van der Waals surface area contributed by atoms with Gasteiger partial charge in [-0.05, 0) is 64.6 Å². The van der Waals surface area contributed by atoms with Crippen molar-refractivity contribution in [2.45, 2.75) is 20.3 Å². The molecule has 0 amide bonds. The molecular formula is C58H42N4S. The third-order valence-corrected chi connectivity index (χ3v) is 13.1. The van der Waals surface area contributed by atoms with E-state index in [2.05, 4.69) is 174 Å². The van der Waals surface area contributed by atoms with Crippen LogP contribution in [0.3, 0.4) is 0 Å². The molecule has 0 N–H and O–H groups in total. The van der Waals surface area contributed by atoms with Crippen molar-refractivity contribution in [2.75, 3.05) is 0 Å². The van der Waals surface area contributed by atoms with Crippen LogP contribution in [0.25, 0.3) is 110 Å². The lowest BCUT2D eigenvalue weighted by Crippen LogP contribution is -2.02. The minimum absolute atomic E-state index is 0.626. The van der Waals surface area contributed by atoms with Crippen LogP contribution in [-0.2, 0) is 6.42 Å². The number of hydrogen-bond donors (Lipinski definition) is 0. The molecule has 63 heavy (non-hydrogen) atoms. The molecule has 12 rings (SSSR count). The van der Waals surface area contributed by atoms with Gasteiger partial charge in [0.05, 0.1) is 11.2 Å². The fraction of sp³-hybridized carbons (Fsp3) is 0.0517. The van der Waals surface area contributed by atoms with E-state index in [4.69, 9.17) is 15.0 Å². The molecule has 0 saturated heterocycles. The lowest BCUT2D eigenvalue weighted by molar-refractivity contribution is 1.07. The Kier molecular flexibility index (Phi) is 9.87. The summed E-state index contributed by atoms with van der Waals surface area (Å²) in [5.74, 6) is 1.91. The predicted molar refractivity (Wildman–Crippen MR) is 266 cm³/mol. The summed E-state index contributed by atoms with van der Waals surface area (Å²) in [6.45, 7) is 4.00. The first-order valence-corrected chi connectivity index (χ1v) is 22.5. The van der Waals surface area contributed by atoms with Crippen molar-refractivity contribution in [2.24, 2.45) is 0 Å². The molecule has 3 heterocycles. The SMILES string of the molecule is C1=Cc2c(c3cccc(-c4cccc(-c5cccc6c5sc5ccccc56)c4)c3n2-c2cccc(-c3nc(-c4ccccc4)nc(-c4ccccc4)n3)c2)-c2ccccc2C1.CC. The first-order valence-electron chi connectivity index (χ1n) is 21.7. The van der Waals surface area contributed by atoms with E-state index in [0.29, 0.717) is 17.5 Å². The zero-order valence-electron chi connectivity index (χ0n) is 35.0. The lowest BCUT2D eigenvalue weighted by Gasteiger charge is -2.15. The normalized spacial score (nSPS) is 11.8. The largest absolute Gasteiger partial charge is 0.309 e. The third-order valence-electron chi connectivity index (χ3n) is 11.9. The van der Waals surface area contributed by atoms with E-state index in [1.54, 1.807) is 0 Å². The highest BCUT2D eigenvalue weighted by atomic mass is 32.1. The van der Waals surface area contributed by atoms with E-state index in [0.717, 1.165) is 40.0 Å². The Bertz CT molecular complexity index is 3450. The van der Waals surface area contributed by atoms with E-state index in [-0.39, 0.29) is 0 Å². The topological polar surface area (TPSA) is 43.6 Å². The third kappa shape index (κ3) is 6.74. The highest BCUT2D eigenvalue weighted by Gasteiger charge is 2.25. The average molecular weight is 827 g/mol. The Hall–Kier alpha value is -7.73. The van der Waals surface area contributed by atoms with Crippen LogP contribution in [0, 0.1) is 0 Å². The van der Waals surface area contributed by atoms with Gasteiger partial charge in [0.1, 0.15) is 0 Å². The van der Waals surface area contributed by atoms with Gasteiger partial charge in [0.15, 0.2) is 17.5 Å². The maximum Gasteiger partial charge on any atom is 0.164 e. The number of allylic oxidation sites excluding steroid dienone is 1. The van der Waals surface area contributed by atoms with Gasteiger partial charge < -0.3 is 4.57 Å². The Balaban J connectivity index is 0.00000219. The number of thiophene rings is 1. The molecule has 300 valence electrons. The van der Waals surface area contributed by atoms with Crippen LogP contribution in [0.1, 0.15) is 25.1 Å². The van der Waals surface area contributed by atoms with Gasteiger partial charge in [-0.2, -0.15) is 0 Å². The molecule has 0 saturated carbocycles. The van der Waals surface area contributed by atoms with Gasteiger partial charge >= 0.3 is 0 Å². The summed E-state index contributed by atoms with van der Waals surface area (Å²) in [5, 5.41) is 3.83. The molecular weight excluding hydrogens is 785 g/mol. The van der Waals surface area contributed by atoms with Crippen molar-refractivity contribution in [1.82, 2.24) is 19.5 Å². The van der Waals surface area contributed by atoms with Crippen LogP contribution >= 0.6 is 11.3 Å². The summed E-state index contributed by atoms with van der Waals surface area (Å²) in [4.78, 5) is 15.2. The first-order chi connectivity index (χ1) is 31.2. The molecule has 1 aliphatic rings. The lowest BCUT2D eigenvalue weighted by atomic mass is 9.94. The molecule has 8 aromatic carbocycles. The van der Waals surface area contributed by atoms with Gasteiger partial charge in [0.25, 0.3) is 0 Å². The molecule has 0 radical (unpaired) electrons. The van der Waals surface area contributed by atoms with Crippen molar-refractivity contribution in [1.29, 1.82) is 0 Å². The second-order valence-electron chi connectivity index (χ2n) is 15.5. The number of fused-ring (bicyclic) bond motifs is 8. The standard InChI is InChI=1S/C56H36N4S.C2H6/c1-3-17-37(18-4-1)54-57-55(38-19-5-2-6-20-38)59-56(58-54)41-24-12-25-42(35-41)60-49-32-13-21-36-16-7-8-26-43(36)51(49)48-31-14-28-44(52(48)60)39-22-11-23-40(34-39)45-29-15-30-47-46-27-9-10-33-50(46)61-53(45)47;1-2/h1-20,22-35H,21H2;1-2H3. The molecule has 0 aliphatic heterocycles. The molecule has 0 atom stereocenters. The predicted octanol–water partition coefficient (Wildman–Crippen LogP) is 15.8. The molecule has 1 aliphatic carbocycles. The second-order valence-corrected chi connectivity index (χ2v) is 16.6. The molecule has 0 fully saturated rings. The summed E-state index contributed by atoms with van der Waals surface area (Å²) < 4.78 is 5.08. The molecule has 0 bridgehead atoms. The van der Waals surface area contributed by atoms with Gasteiger partial charge in [-0.15, -0.1) is 11.3 Å². The number of benzene rings is 8. The average Bonchev–Trinajstić information content (AvgIpc) is 3.84. The number of para-hydroxylation sites is 1. The number of hydrogen-bond acceptors (Lipinski definition) is 4. The van der Waals surface area contributed by atoms with Crippen molar-refractivity contribution in [3.8, 4) is 73.2 Å². The zero-order valence-corrected chi connectivity index (χ0v) is 35.9. The molecule has 3 aromatic heterocycles. The summed E-state index contributed by atoms with van der Waals surface area (Å²) in [6, 6.07) is 69.2. The summed E-state index contributed by atoms with van der Waals surface area (Å²) >= 11 is 1.87. The smallest absolute Gasteiger partial charge is 0.164 e. The van der Waals surface area contributed by atoms with E-state index in [9.17, 15) is 0 Å². The number of nitrogens with zero attached hydrogens (tertiary/aromatic N) is 4. The van der Waals surface area contributed by atoms with Crippen molar-refractivity contribution >= 4 is 48.5 Å². The highest BCUT2D eigenvalue weighted by molar-refractivity contribution is 7.26. The van der Waals surface area contributed by atoms with Gasteiger partial charge in [0.2, 0.25) is 0 Å². The van der Waals surface area contributed by atoms with Gasteiger partial charge in [0, 0.05) is 59.1 Å². The molecule has 11 aromatic rings. The van der Waals surface area contributed by atoms with Crippen molar-refractivity contribution in [3.05, 3.63) is 211 Å². The summed E-state index contributed by atoms with van der Waals surface area (Å²) in [6.07, 6.45) is 5.49. The maximum atomic E-state index is 5.11. The Morgan fingerprint density at radius 2 is 0.984 bits per heavy atom. The Morgan fingerprint density at radius 3 is 1.75 bits per heavy atom. The number of aromatic nitrogens is 4. The van der Waals surface area contributed by atoms with Gasteiger partial charge in [-0.3, -0.25) is 0 Å². The van der Waals surface area contributed by atoms with Crippen LogP contribution in [0.5, 0.6) is 0 Å². The first kappa shape index (κ1) is 38.2. The molecule has 0 unspecified atom stereocenters. The van der Waals surface area contributed by atoms with Crippen LogP contribution < -0.4 is 0 Å². The summed E-state index contributed by atoms with van der Waals surface area (Å²) in [7, 11) is 0. The van der Waals surface area contributed by atoms with E-state index < -0.39 is 0 Å². The zero-order chi connectivity index (χ0) is 42.3. The fourth-order valence-corrected chi connectivity index (χ4v) is 10.3. The second kappa shape index (κ2) is 16.3. The van der Waals surface area contributed by atoms with Gasteiger partial charge in [-0.25, -0.2) is 15.0 Å². The van der Waals surface area contributed by atoms with E-state index in [1.165, 1.54) is 64.5 Å². The minimum atomic E-state index is 0.626. The molecule has 4 nitrogen and oxygen atoms in total. The molecule has 0 spiro atoms. The van der Waals surface area contributed by atoms with Crippen LogP contribution in [0.4, 0.5) is 0 Å². The fourth-order valence-electron chi connectivity index (χ4n) is 9.09. The van der Waals surface area contributed by atoms with E-state index in [1.807, 2.05) is 61.6 Å². The summed E-state index contributed by atoms with van der Waals surface area (Å²) in [5.41, 5.74) is 14.8. The quantitative estimate of drug-likeness (QED) is 0.168. The van der Waals surface area contributed by atoms with Crippen molar-refractivity contribution in [3.63, 3.8) is 0 Å². The highest BCUT2D eigenvalue weighted by Crippen LogP contribution is 2.46.